The predicted octanol–water partition coefficient (Wildman–Crippen LogP) is 1.13. The molecule has 0 amide bonds. The summed E-state index contributed by atoms with van der Waals surface area (Å²) in [6.07, 6.45) is 2.04. The highest BCUT2D eigenvalue weighted by Gasteiger charge is 2.08. The fourth-order valence-electron chi connectivity index (χ4n) is 0.532. The van der Waals surface area contributed by atoms with E-state index in [0.29, 0.717) is 13.0 Å². The van der Waals surface area contributed by atoms with Gasteiger partial charge in [-0.05, 0) is 6.42 Å². The van der Waals surface area contributed by atoms with E-state index >= 15 is 0 Å². The van der Waals surface area contributed by atoms with Gasteiger partial charge in [-0.3, -0.25) is 0 Å². The lowest BCUT2D eigenvalue weighted by molar-refractivity contribution is -0.133. The minimum atomic E-state index is -0.457. The third-order valence-corrected chi connectivity index (χ3v) is 1.12. The number of hydrogen-bond donors (Lipinski definition) is 0. The molecule has 0 unspecified atom stereocenters. The number of carbonyl (C=O) groups is 1. The van der Waals surface area contributed by atoms with Crippen molar-refractivity contribution in [2.45, 2.75) is 13.3 Å². The van der Waals surface area contributed by atoms with Gasteiger partial charge >= 0.3 is 5.97 Å². The molecule has 0 heterocycles. The van der Waals surface area contributed by atoms with Crippen LogP contribution in [-0.2, 0) is 14.4 Å². The molecule has 0 spiro atoms. The molecule has 68 valence electrons. The summed E-state index contributed by atoms with van der Waals surface area (Å²) in [5.41, 5.74) is 0.277. The molecule has 0 rings (SSSR count). The fourth-order valence-corrected chi connectivity index (χ4v) is 0.532. The highest BCUT2D eigenvalue weighted by atomic mass is 16.6. The lowest BCUT2D eigenvalue weighted by Crippen LogP contribution is -2.15. The predicted molar refractivity (Wildman–Crippen MR) is 45.9 cm³/mol. The fraction of sp³-hybridized carbons (Fsp3) is 0.500. The zero-order valence-corrected chi connectivity index (χ0v) is 7.37. The highest BCUT2D eigenvalue weighted by molar-refractivity contribution is 6.36. The van der Waals surface area contributed by atoms with E-state index in [2.05, 4.69) is 16.5 Å². The molecule has 0 aliphatic rings. The molecule has 12 heavy (non-hydrogen) atoms. The maximum absolute atomic E-state index is 10.9. The minimum Gasteiger partial charge on any atom is -0.464 e. The van der Waals surface area contributed by atoms with Gasteiger partial charge in [-0.25, -0.2) is 4.79 Å². The Morgan fingerprint density at radius 3 is 2.75 bits per heavy atom. The van der Waals surface area contributed by atoms with E-state index in [1.165, 1.54) is 7.11 Å². The minimum absolute atomic E-state index is 0.277. The van der Waals surface area contributed by atoms with E-state index in [4.69, 9.17) is 4.84 Å². The highest BCUT2D eigenvalue weighted by Crippen LogP contribution is 1.91. The van der Waals surface area contributed by atoms with Gasteiger partial charge in [0.2, 0.25) is 0 Å². The first-order valence-electron chi connectivity index (χ1n) is 3.64. The quantitative estimate of drug-likeness (QED) is 0.205. The molecule has 0 fully saturated rings. The first-order valence-corrected chi connectivity index (χ1v) is 3.64. The van der Waals surface area contributed by atoms with Crippen LogP contribution in [0.4, 0.5) is 0 Å². The molecule has 0 aromatic rings. The van der Waals surface area contributed by atoms with Crippen LogP contribution in [0.5, 0.6) is 0 Å². The van der Waals surface area contributed by atoms with Gasteiger partial charge in [0.05, 0.1) is 7.11 Å². The van der Waals surface area contributed by atoms with Crippen LogP contribution >= 0.6 is 0 Å². The Labute approximate surface area is 71.8 Å². The topological polar surface area (TPSA) is 47.9 Å². The van der Waals surface area contributed by atoms with E-state index in [1.54, 1.807) is 13.0 Å². The lowest BCUT2D eigenvalue weighted by Gasteiger charge is -1.99. The number of esters is 1. The van der Waals surface area contributed by atoms with E-state index in [1.807, 2.05) is 0 Å². The molecule has 0 N–H and O–H groups in total. The molecule has 0 aliphatic heterocycles. The van der Waals surface area contributed by atoms with Crippen molar-refractivity contribution in [1.82, 2.24) is 0 Å². The number of carbonyl (C=O) groups excluding carboxylic acids is 1. The van der Waals surface area contributed by atoms with Crippen LogP contribution in [0, 0.1) is 0 Å². The molecule has 0 atom stereocenters. The molecular weight excluding hydrogens is 158 g/mol. The van der Waals surface area contributed by atoms with Gasteiger partial charge in [0.15, 0.2) is 5.71 Å². The van der Waals surface area contributed by atoms with Crippen molar-refractivity contribution in [3.63, 3.8) is 0 Å². The molecule has 0 saturated heterocycles. The van der Waals surface area contributed by atoms with Crippen molar-refractivity contribution in [3.8, 4) is 0 Å². The summed E-state index contributed by atoms with van der Waals surface area (Å²) in [7, 11) is 1.31. The van der Waals surface area contributed by atoms with E-state index in [0.717, 1.165) is 0 Å². The number of hydrogen-bond acceptors (Lipinski definition) is 4. The van der Waals surface area contributed by atoms with Gasteiger partial charge in [0.25, 0.3) is 0 Å². The third-order valence-electron chi connectivity index (χ3n) is 1.12. The number of nitrogens with zero attached hydrogens (tertiary/aromatic N) is 1. The van der Waals surface area contributed by atoms with Crippen LogP contribution in [0.2, 0.25) is 0 Å². The maximum atomic E-state index is 10.9. The second-order valence-electron chi connectivity index (χ2n) is 1.97. The first-order chi connectivity index (χ1) is 5.76. The number of oxime groups is 1. The van der Waals surface area contributed by atoms with Crippen LogP contribution in [0.1, 0.15) is 13.3 Å². The Balaban J connectivity index is 4.03. The summed E-state index contributed by atoms with van der Waals surface area (Å²) in [6.45, 7) is 5.53. The molecule has 0 bridgehead atoms. The first kappa shape index (κ1) is 10.7. The average molecular weight is 171 g/mol. The summed E-state index contributed by atoms with van der Waals surface area (Å²) in [4.78, 5) is 15.6. The number of methoxy groups -OCH3 is 1. The zero-order chi connectivity index (χ0) is 9.40. The van der Waals surface area contributed by atoms with Crippen LogP contribution in [0.3, 0.4) is 0 Å². The summed E-state index contributed by atoms with van der Waals surface area (Å²) < 4.78 is 4.46. The molecule has 0 radical (unpaired) electrons. The van der Waals surface area contributed by atoms with Crippen molar-refractivity contribution in [3.05, 3.63) is 12.7 Å². The number of rotatable bonds is 5. The number of ether oxygens (including phenoxy) is 1. The van der Waals surface area contributed by atoms with Crippen LogP contribution in [0.15, 0.2) is 17.8 Å². The summed E-state index contributed by atoms with van der Waals surface area (Å²) in [5.74, 6) is -0.457. The van der Waals surface area contributed by atoms with Crippen LogP contribution in [0.25, 0.3) is 0 Å². The van der Waals surface area contributed by atoms with Crippen molar-refractivity contribution in [2.24, 2.45) is 5.16 Å². The Morgan fingerprint density at radius 1 is 1.67 bits per heavy atom. The Hall–Kier alpha value is -1.32. The van der Waals surface area contributed by atoms with E-state index in [9.17, 15) is 4.79 Å². The molecule has 0 saturated carbocycles. The van der Waals surface area contributed by atoms with Gasteiger partial charge in [0, 0.05) is 0 Å². The molecule has 0 aromatic carbocycles. The van der Waals surface area contributed by atoms with Gasteiger partial charge in [-0.15, -0.1) is 0 Å². The average Bonchev–Trinajstić information content (AvgIpc) is 2.11. The van der Waals surface area contributed by atoms with Crippen LogP contribution in [-0.4, -0.2) is 25.4 Å². The van der Waals surface area contributed by atoms with Crippen molar-refractivity contribution in [2.75, 3.05) is 13.7 Å². The molecule has 0 aliphatic carbocycles. The van der Waals surface area contributed by atoms with E-state index < -0.39 is 5.97 Å². The molecule has 4 heteroatoms. The monoisotopic (exact) mass is 171 g/mol. The summed E-state index contributed by atoms with van der Waals surface area (Å²) in [5, 5.41) is 3.57. The van der Waals surface area contributed by atoms with E-state index in [-0.39, 0.29) is 5.71 Å². The van der Waals surface area contributed by atoms with Crippen LogP contribution < -0.4 is 0 Å². The van der Waals surface area contributed by atoms with Gasteiger partial charge in [-0.1, -0.05) is 24.7 Å². The molecular formula is C8H13NO3. The van der Waals surface area contributed by atoms with Gasteiger partial charge < -0.3 is 9.57 Å². The largest absolute Gasteiger partial charge is 0.464 e. The smallest absolute Gasteiger partial charge is 0.355 e. The van der Waals surface area contributed by atoms with Crippen molar-refractivity contribution >= 4 is 11.7 Å². The Bertz CT molecular complexity index is 187. The van der Waals surface area contributed by atoms with Gasteiger partial charge in [-0.2, -0.15) is 0 Å². The standard InChI is InChI=1S/C8H13NO3/c1-4-6-12-9-7(5-2)8(10)11-3/h4H,1,5-6H2,2-3H3. The molecule has 0 aromatic heterocycles. The lowest BCUT2D eigenvalue weighted by atomic mass is 10.3. The SMILES string of the molecule is C=CCON=C(CC)C(=O)OC. The normalized spacial score (nSPS) is 10.7. The molecule has 4 nitrogen and oxygen atoms in total. The second kappa shape index (κ2) is 6.39. The second-order valence-corrected chi connectivity index (χ2v) is 1.97. The Kier molecular flexibility index (Phi) is 5.69. The van der Waals surface area contributed by atoms with Crippen molar-refractivity contribution in [1.29, 1.82) is 0 Å². The third kappa shape index (κ3) is 3.75. The summed E-state index contributed by atoms with van der Waals surface area (Å²) in [6, 6.07) is 0. The zero-order valence-electron chi connectivity index (χ0n) is 7.37. The Morgan fingerprint density at radius 2 is 2.33 bits per heavy atom. The van der Waals surface area contributed by atoms with Gasteiger partial charge in [0.1, 0.15) is 6.61 Å². The maximum Gasteiger partial charge on any atom is 0.355 e. The van der Waals surface area contributed by atoms with Crippen molar-refractivity contribution < 1.29 is 14.4 Å². The summed E-state index contributed by atoms with van der Waals surface area (Å²) >= 11 is 0.